The molecule has 1 spiro atoms. The summed E-state index contributed by atoms with van der Waals surface area (Å²) in [6.07, 6.45) is 3.24. The molecule has 1 atom stereocenters. The molecule has 0 aromatic carbocycles. The highest BCUT2D eigenvalue weighted by molar-refractivity contribution is 5.95. The van der Waals surface area contributed by atoms with Crippen molar-refractivity contribution in [3.8, 4) is 0 Å². The number of carbonyl (C=O) groups is 1. The molecule has 4 rings (SSSR count). The van der Waals surface area contributed by atoms with E-state index in [-0.39, 0.29) is 17.3 Å². The lowest BCUT2D eigenvalue weighted by Crippen LogP contribution is -2.49. The number of pyridine rings is 1. The molecule has 1 amide bonds. The number of hydrogen-bond donors (Lipinski definition) is 1. The van der Waals surface area contributed by atoms with E-state index >= 15 is 0 Å². The first-order valence-corrected chi connectivity index (χ1v) is 9.37. The number of amides is 1. The molecule has 3 heterocycles. The molecule has 2 aromatic rings. The van der Waals surface area contributed by atoms with Crippen LogP contribution in [0, 0.1) is 0 Å². The maximum absolute atomic E-state index is 13.4. The lowest BCUT2D eigenvalue weighted by Gasteiger charge is -2.43. The number of hydrogen-bond acceptors (Lipinski definition) is 3. The summed E-state index contributed by atoms with van der Waals surface area (Å²) >= 11 is 0. The molecule has 1 aliphatic heterocycles. The van der Waals surface area contributed by atoms with Crippen molar-refractivity contribution in [3.05, 3.63) is 35.8 Å². The van der Waals surface area contributed by atoms with Crippen LogP contribution < -0.4 is 5.32 Å². The monoisotopic (exact) mass is 381 g/mol. The second-order valence-corrected chi connectivity index (χ2v) is 7.49. The Balaban J connectivity index is 1.60. The minimum atomic E-state index is -4.70. The predicted molar refractivity (Wildman–Crippen MR) is 92.5 cm³/mol. The molecular weight excluding hydrogens is 359 g/mol. The first-order valence-electron chi connectivity index (χ1n) is 9.37. The van der Waals surface area contributed by atoms with Gasteiger partial charge in [0.15, 0.2) is 5.69 Å². The number of fused-ring (bicyclic) bond motifs is 1. The van der Waals surface area contributed by atoms with E-state index in [1.165, 1.54) is 23.1 Å². The summed E-state index contributed by atoms with van der Waals surface area (Å²) in [5.41, 5.74) is -1.74. The maximum Gasteiger partial charge on any atom is 0.435 e. The average molecular weight is 381 g/mol. The van der Waals surface area contributed by atoms with Gasteiger partial charge in [0.1, 0.15) is 11.3 Å². The van der Waals surface area contributed by atoms with Gasteiger partial charge in [-0.2, -0.15) is 13.2 Å². The fourth-order valence-corrected chi connectivity index (χ4v) is 4.36. The van der Waals surface area contributed by atoms with E-state index in [9.17, 15) is 18.0 Å². The van der Waals surface area contributed by atoms with E-state index in [4.69, 9.17) is 4.74 Å². The van der Waals surface area contributed by atoms with Gasteiger partial charge in [-0.1, -0.05) is 25.3 Å². The number of alkyl halides is 3. The third kappa shape index (κ3) is 3.54. The Bertz CT molecular complexity index is 835. The Morgan fingerprint density at radius 1 is 1.26 bits per heavy atom. The minimum absolute atomic E-state index is 0.103. The zero-order chi connectivity index (χ0) is 19.1. The van der Waals surface area contributed by atoms with Crippen LogP contribution in [0.25, 0.3) is 5.65 Å². The third-order valence-corrected chi connectivity index (χ3v) is 5.61. The van der Waals surface area contributed by atoms with E-state index in [0.717, 1.165) is 25.7 Å². The summed E-state index contributed by atoms with van der Waals surface area (Å²) < 4.78 is 47.5. The standard InChI is InChI=1S/C19H22F3N3O2/c20-19(21,22)16-15(25-10-5-2-6-14(25)24-16)17(26)23-13-7-11-27-18(12-13)8-3-1-4-9-18/h2,5-6,10,13H,1,3-4,7-9,11-12H2,(H,23,26). The number of nitrogens with one attached hydrogen (secondary N) is 1. The third-order valence-electron chi connectivity index (χ3n) is 5.61. The molecule has 5 nitrogen and oxygen atoms in total. The number of carbonyl (C=O) groups excluding carboxylic acids is 1. The summed E-state index contributed by atoms with van der Waals surface area (Å²) in [6, 6.07) is 4.43. The molecular formula is C19H22F3N3O2. The Morgan fingerprint density at radius 3 is 2.78 bits per heavy atom. The number of rotatable bonds is 2. The smallest absolute Gasteiger partial charge is 0.375 e. The zero-order valence-electron chi connectivity index (χ0n) is 14.9. The topological polar surface area (TPSA) is 55.6 Å². The van der Waals surface area contributed by atoms with Gasteiger partial charge in [-0.25, -0.2) is 4.98 Å². The summed E-state index contributed by atoms with van der Waals surface area (Å²) in [6.45, 7) is 0.518. The highest BCUT2D eigenvalue weighted by Crippen LogP contribution is 2.39. The van der Waals surface area contributed by atoms with Crippen LogP contribution in [0.5, 0.6) is 0 Å². The van der Waals surface area contributed by atoms with Gasteiger partial charge in [0.05, 0.1) is 5.60 Å². The molecule has 2 aliphatic rings. The van der Waals surface area contributed by atoms with Crippen molar-refractivity contribution in [1.29, 1.82) is 0 Å². The van der Waals surface area contributed by atoms with E-state index in [0.29, 0.717) is 19.4 Å². The molecule has 146 valence electrons. The Labute approximate surface area is 154 Å². The van der Waals surface area contributed by atoms with Gasteiger partial charge in [0.2, 0.25) is 0 Å². The molecule has 8 heteroatoms. The van der Waals surface area contributed by atoms with Crippen molar-refractivity contribution in [3.63, 3.8) is 0 Å². The van der Waals surface area contributed by atoms with Gasteiger partial charge < -0.3 is 10.1 Å². The SMILES string of the molecule is O=C(NC1CCOC2(CCCCC2)C1)c1c(C(F)(F)F)nc2ccccn12. The normalized spacial score (nSPS) is 22.9. The van der Waals surface area contributed by atoms with Gasteiger partial charge in [-0.15, -0.1) is 0 Å². The molecule has 1 unspecified atom stereocenters. The molecule has 1 saturated carbocycles. The van der Waals surface area contributed by atoms with E-state index in [1.54, 1.807) is 12.1 Å². The van der Waals surface area contributed by atoms with Crippen LogP contribution in [0.1, 0.15) is 61.1 Å². The van der Waals surface area contributed by atoms with Gasteiger partial charge in [-0.3, -0.25) is 9.20 Å². The van der Waals surface area contributed by atoms with E-state index in [2.05, 4.69) is 10.3 Å². The molecule has 1 N–H and O–H groups in total. The van der Waals surface area contributed by atoms with Crippen molar-refractivity contribution in [2.24, 2.45) is 0 Å². The lowest BCUT2D eigenvalue weighted by atomic mass is 9.78. The Morgan fingerprint density at radius 2 is 2.04 bits per heavy atom. The second kappa shape index (κ2) is 6.82. The highest BCUT2D eigenvalue weighted by Gasteiger charge is 2.42. The summed E-state index contributed by atoms with van der Waals surface area (Å²) in [5, 5.41) is 2.82. The Kier molecular flexibility index (Phi) is 4.61. The molecule has 0 bridgehead atoms. The van der Waals surface area contributed by atoms with Crippen LogP contribution in [0.3, 0.4) is 0 Å². The summed E-state index contributed by atoms with van der Waals surface area (Å²) in [5.74, 6) is -0.737. The van der Waals surface area contributed by atoms with Crippen LogP contribution in [0.2, 0.25) is 0 Å². The minimum Gasteiger partial charge on any atom is -0.375 e. The maximum atomic E-state index is 13.4. The first kappa shape index (κ1) is 18.3. The lowest BCUT2D eigenvalue weighted by molar-refractivity contribution is -0.141. The number of aromatic nitrogens is 2. The fraction of sp³-hybridized carbons (Fsp3) is 0.579. The quantitative estimate of drug-likeness (QED) is 0.857. The van der Waals surface area contributed by atoms with Gasteiger partial charge in [0.25, 0.3) is 5.91 Å². The predicted octanol–water partition coefficient (Wildman–Crippen LogP) is 3.96. The van der Waals surface area contributed by atoms with Crippen molar-refractivity contribution in [2.45, 2.75) is 62.8 Å². The van der Waals surface area contributed by atoms with Crippen molar-refractivity contribution in [2.75, 3.05) is 6.61 Å². The number of ether oxygens (including phenoxy) is 1. The molecule has 1 saturated heterocycles. The molecule has 0 radical (unpaired) electrons. The van der Waals surface area contributed by atoms with Crippen LogP contribution in [-0.2, 0) is 10.9 Å². The molecule has 2 aromatic heterocycles. The second-order valence-electron chi connectivity index (χ2n) is 7.49. The number of nitrogens with zero attached hydrogens (tertiary/aromatic N) is 2. The van der Waals surface area contributed by atoms with Crippen molar-refractivity contribution >= 4 is 11.6 Å². The van der Waals surface area contributed by atoms with Crippen LogP contribution >= 0.6 is 0 Å². The van der Waals surface area contributed by atoms with Crippen LogP contribution in [-0.4, -0.2) is 33.5 Å². The average Bonchev–Trinajstić information content (AvgIpc) is 3.02. The molecule has 2 fully saturated rings. The van der Waals surface area contributed by atoms with Crippen molar-refractivity contribution < 1.29 is 22.7 Å². The first-order chi connectivity index (χ1) is 12.9. The van der Waals surface area contributed by atoms with E-state index in [1.807, 2.05) is 0 Å². The van der Waals surface area contributed by atoms with Crippen LogP contribution in [0.4, 0.5) is 13.2 Å². The van der Waals surface area contributed by atoms with Crippen LogP contribution in [0.15, 0.2) is 24.4 Å². The highest BCUT2D eigenvalue weighted by atomic mass is 19.4. The van der Waals surface area contributed by atoms with Gasteiger partial charge in [-0.05, 0) is 37.8 Å². The van der Waals surface area contributed by atoms with E-state index < -0.39 is 23.5 Å². The number of halogens is 3. The molecule has 1 aliphatic carbocycles. The zero-order valence-corrected chi connectivity index (χ0v) is 14.9. The Hall–Kier alpha value is -2.09. The molecule has 27 heavy (non-hydrogen) atoms. The summed E-state index contributed by atoms with van der Waals surface area (Å²) in [4.78, 5) is 16.4. The fourth-order valence-electron chi connectivity index (χ4n) is 4.36. The van der Waals surface area contributed by atoms with Gasteiger partial charge in [0, 0.05) is 18.8 Å². The summed E-state index contributed by atoms with van der Waals surface area (Å²) in [7, 11) is 0. The number of imidazole rings is 1. The van der Waals surface area contributed by atoms with Crippen molar-refractivity contribution in [1.82, 2.24) is 14.7 Å². The van der Waals surface area contributed by atoms with Gasteiger partial charge >= 0.3 is 6.18 Å². The largest absolute Gasteiger partial charge is 0.435 e.